The van der Waals surface area contributed by atoms with Gasteiger partial charge in [-0.1, -0.05) is 110 Å². The van der Waals surface area contributed by atoms with Crippen LogP contribution < -0.4 is 0 Å². The number of aliphatic carboxylic acids is 2. The minimum Gasteiger partial charge on any atom is -0.481 e. The molecule has 0 radical (unpaired) electrons. The van der Waals surface area contributed by atoms with Crippen molar-refractivity contribution in [3.05, 3.63) is 0 Å². The third-order valence-electron chi connectivity index (χ3n) is 5.60. The van der Waals surface area contributed by atoms with Crippen LogP contribution >= 0.6 is 0 Å². The Morgan fingerprint density at radius 2 is 0.968 bits per heavy atom. The highest BCUT2D eigenvalue weighted by Crippen LogP contribution is 2.16. The lowest BCUT2D eigenvalue weighted by molar-refractivity contribution is -0.163. The lowest BCUT2D eigenvalue weighted by Gasteiger charge is -2.20. The predicted octanol–water partition coefficient (Wildman–Crippen LogP) is 6.32. The van der Waals surface area contributed by atoms with Gasteiger partial charge in [-0.25, -0.2) is 4.79 Å². The van der Waals surface area contributed by atoms with Gasteiger partial charge in [-0.05, 0) is 19.3 Å². The molecule has 1 atom stereocenters. The largest absolute Gasteiger partial charge is 0.481 e. The quantitative estimate of drug-likeness (QED) is 0.153. The molecule has 0 aliphatic heterocycles. The summed E-state index contributed by atoms with van der Waals surface area (Å²) in [6, 6.07) is 0. The second kappa shape index (κ2) is 23.5. The van der Waals surface area contributed by atoms with Crippen molar-refractivity contribution < 1.29 is 30.0 Å². The standard InChI is InChI=1S/C14H28O2.C11H22O4/c1-2-3-4-5-6-7-8-9-10-11-12-13-14(15)16;1-2-3-4-5-6-7-8-11(15,9-12)10(13)14/h2-13H2,1H3,(H,15,16);12,15H,2-9H2,1H3,(H,13,14). The molecule has 0 saturated carbocycles. The molecule has 0 aromatic rings. The summed E-state index contributed by atoms with van der Waals surface area (Å²) < 4.78 is 0. The average Bonchev–Trinajstić information content (AvgIpc) is 2.74. The molecule has 0 aromatic heterocycles. The van der Waals surface area contributed by atoms with E-state index >= 15 is 0 Å². The molecule has 0 spiro atoms. The van der Waals surface area contributed by atoms with Crippen molar-refractivity contribution in [1.29, 1.82) is 0 Å². The van der Waals surface area contributed by atoms with Crippen molar-refractivity contribution in [3.8, 4) is 0 Å². The number of carbonyl (C=O) groups is 2. The predicted molar refractivity (Wildman–Crippen MR) is 126 cm³/mol. The Bertz CT molecular complexity index is 413. The average molecular weight is 447 g/mol. The van der Waals surface area contributed by atoms with Crippen LogP contribution in [0.25, 0.3) is 0 Å². The summed E-state index contributed by atoms with van der Waals surface area (Å²) in [5, 5.41) is 35.3. The highest BCUT2D eigenvalue weighted by Gasteiger charge is 2.34. The number of hydrogen-bond acceptors (Lipinski definition) is 4. The van der Waals surface area contributed by atoms with E-state index in [1.807, 2.05) is 0 Å². The van der Waals surface area contributed by atoms with Crippen molar-refractivity contribution in [1.82, 2.24) is 0 Å². The van der Waals surface area contributed by atoms with E-state index in [4.69, 9.17) is 15.3 Å². The summed E-state index contributed by atoms with van der Waals surface area (Å²) in [4.78, 5) is 20.9. The van der Waals surface area contributed by atoms with E-state index in [2.05, 4.69) is 13.8 Å². The summed E-state index contributed by atoms with van der Waals surface area (Å²) >= 11 is 0. The first-order valence-corrected chi connectivity index (χ1v) is 12.6. The summed E-state index contributed by atoms with van der Waals surface area (Å²) in [6.45, 7) is 3.67. The van der Waals surface area contributed by atoms with Gasteiger partial charge in [0.25, 0.3) is 0 Å². The Balaban J connectivity index is 0. The van der Waals surface area contributed by atoms with Crippen LogP contribution in [0, 0.1) is 0 Å². The number of hydrogen-bond donors (Lipinski definition) is 4. The minimum atomic E-state index is -1.94. The van der Waals surface area contributed by atoms with E-state index < -0.39 is 24.1 Å². The topological polar surface area (TPSA) is 115 Å². The van der Waals surface area contributed by atoms with Gasteiger partial charge in [0.2, 0.25) is 0 Å². The third kappa shape index (κ3) is 23.4. The number of unbranched alkanes of at least 4 members (excludes halogenated alkanes) is 15. The molecular weight excluding hydrogens is 396 g/mol. The molecule has 0 amide bonds. The molecule has 0 bridgehead atoms. The molecule has 0 aliphatic rings. The van der Waals surface area contributed by atoms with E-state index in [0.717, 1.165) is 32.1 Å². The number of carboxylic acid groups (broad SMARTS) is 2. The molecular formula is C25H50O6. The van der Waals surface area contributed by atoms with Crippen LogP contribution in [0.15, 0.2) is 0 Å². The van der Waals surface area contributed by atoms with E-state index in [9.17, 15) is 14.7 Å². The van der Waals surface area contributed by atoms with Crippen LogP contribution in [0.1, 0.15) is 136 Å². The maximum atomic E-state index is 10.6. The molecule has 6 nitrogen and oxygen atoms in total. The molecule has 6 heteroatoms. The molecule has 0 aliphatic carbocycles. The number of aliphatic hydroxyl groups is 2. The van der Waals surface area contributed by atoms with Gasteiger partial charge in [0.1, 0.15) is 0 Å². The molecule has 0 saturated heterocycles. The summed E-state index contributed by atoms with van der Waals surface area (Å²) in [5.41, 5.74) is -1.94. The molecule has 0 rings (SSSR count). The third-order valence-corrected chi connectivity index (χ3v) is 5.60. The van der Waals surface area contributed by atoms with E-state index in [1.54, 1.807) is 0 Å². The summed E-state index contributed by atoms with van der Waals surface area (Å²) in [5.74, 6) is -1.99. The zero-order valence-corrected chi connectivity index (χ0v) is 20.2. The van der Waals surface area contributed by atoms with Crippen molar-refractivity contribution in [2.24, 2.45) is 0 Å². The van der Waals surface area contributed by atoms with Gasteiger partial charge < -0.3 is 20.4 Å². The minimum absolute atomic E-state index is 0.130. The van der Waals surface area contributed by atoms with Crippen LogP contribution in [0.4, 0.5) is 0 Å². The maximum absolute atomic E-state index is 10.6. The molecule has 1 unspecified atom stereocenters. The van der Waals surface area contributed by atoms with Crippen molar-refractivity contribution in [2.75, 3.05) is 6.61 Å². The highest BCUT2D eigenvalue weighted by molar-refractivity contribution is 5.77. The normalized spacial score (nSPS) is 12.6. The first kappa shape index (κ1) is 32.0. The van der Waals surface area contributed by atoms with Gasteiger partial charge in [0.05, 0.1) is 6.61 Å². The Morgan fingerprint density at radius 1 is 0.613 bits per heavy atom. The van der Waals surface area contributed by atoms with Crippen LogP contribution in [-0.4, -0.2) is 44.6 Å². The molecule has 31 heavy (non-hydrogen) atoms. The molecule has 0 heterocycles. The Hall–Kier alpha value is -1.14. The van der Waals surface area contributed by atoms with E-state index in [0.29, 0.717) is 12.8 Å². The lowest BCUT2D eigenvalue weighted by atomic mass is 9.96. The van der Waals surface area contributed by atoms with Crippen molar-refractivity contribution in [3.63, 3.8) is 0 Å². The monoisotopic (exact) mass is 446 g/mol. The molecule has 0 fully saturated rings. The van der Waals surface area contributed by atoms with Gasteiger partial charge in [-0.3, -0.25) is 4.79 Å². The van der Waals surface area contributed by atoms with Gasteiger partial charge in [0, 0.05) is 6.42 Å². The number of rotatable bonds is 21. The zero-order valence-electron chi connectivity index (χ0n) is 20.2. The zero-order chi connectivity index (χ0) is 23.8. The lowest BCUT2D eigenvalue weighted by Crippen LogP contribution is -2.42. The van der Waals surface area contributed by atoms with Crippen LogP contribution in [0.5, 0.6) is 0 Å². The smallest absolute Gasteiger partial charge is 0.338 e. The first-order chi connectivity index (χ1) is 14.8. The van der Waals surface area contributed by atoms with Gasteiger partial charge in [0.15, 0.2) is 5.60 Å². The SMILES string of the molecule is CCCCCCCCC(O)(CO)C(=O)O.CCCCCCCCCCCCCC(=O)O. The summed E-state index contributed by atoms with van der Waals surface area (Å²) in [7, 11) is 0. The Labute approximate surface area is 190 Å². The highest BCUT2D eigenvalue weighted by atomic mass is 16.4. The molecule has 4 N–H and O–H groups in total. The maximum Gasteiger partial charge on any atom is 0.338 e. The van der Waals surface area contributed by atoms with Crippen LogP contribution in [0.2, 0.25) is 0 Å². The first-order valence-electron chi connectivity index (χ1n) is 12.6. The van der Waals surface area contributed by atoms with Crippen LogP contribution in [0.3, 0.4) is 0 Å². The van der Waals surface area contributed by atoms with Crippen LogP contribution in [-0.2, 0) is 9.59 Å². The van der Waals surface area contributed by atoms with Gasteiger partial charge in [-0.15, -0.1) is 0 Å². The fourth-order valence-corrected chi connectivity index (χ4v) is 3.39. The van der Waals surface area contributed by atoms with Gasteiger partial charge in [-0.2, -0.15) is 0 Å². The van der Waals surface area contributed by atoms with Crippen molar-refractivity contribution in [2.45, 2.75) is 141 Å². The second-order valence-corrected chi connectivity index (χ2v) is 8.69. The van der Waals surface area contributed by atoms with E-state index in [-0.39, 0.29) is 6.42 Å². The Morgan fingerprint density at radius 3 is 1.29 bits per heavy atom. The number of carboxylic acids is 2. The van der Waals surface area contributed by atoms with Crippen molar-refractivity contribution >= 4 is 11.9 Å². The summed E-state index contributed by atoms with van der Waals surface area (Å²) in [6.07, 6.45) is 20.6. The van der Waals surface area contributed by atoms with E-state index in [1.165, 1.54) is 70.6 Å². The molecule has 0 aromatic carbocycles. The number of aliphatic hydroxyl groups excluding tert-OH is 1. The Kier molecular flexibility index (Phi) is 24.3. The van der Waals surface area contributed by atoms with Gasteiger partial charge >= 0.3 is 11.9 Å². The molecule has 186 valence electrons. The second-order valence-electron chi connectivity index (χ2n) is 8.69. The fraction of sp³-hybridized carbons (Fsp3) is 0.920. The fourth-order valence-electron chi connectivity index (χ4n) is 3.39.